The fourth-order valence-corrected chi connectivity index (χ4v) is 4.12. The van der Waals surface area contributed by atoms with Crippen LogP contribution in [0.3, 0.4) is 0 Å². The predicted octanol–water partition coefficient (Wildman–Crippen LogP) is 0.220. The molecule has 1 aliphatic rings. The third kappa shape index (κ3) is 7.47. The Balaban J connectivity index is 2.13. The second kappa shape index (κ2) is 10.9. The molecule has 0 aromatic carbocycles. The Bertz CT molecular complexity index is 354. The summed E-state index contributed by atoms with van der Waals surface area (Å²) < 4.78 is 0. The number of thioether (sulfide) groups is 1. The van der Waals surface area contributed by atoms with Gasteiger partial charge in [0.1, 0.15) is 0 Å². The number of carbonyl (C=O) groups excluding carboxylic acids is 2. The number of rotatable bonds is 10. The van der Waals surface area contributed by atoms with Gasteiger partial charge in [-0.3, -0.25) is 9.59 Å². The van der Waals surface area contributed by atoms with Crippen LogP contribution in [0.15, 0.2) is 0 Å². The smallest absolute Gasteiger partial charge is 0.219 e. The maximum absolute atomic E-state index is 11.7. The molecule has 0 aliphatic carbocycles. The van der Waals surface area contributed by atoms with Gasteiger partial charge in [0.2, 0.25) is 11.8 Å². The van der Waals surface area contributed by atoms with Gasteiger partial charge in [0.15, 0.2) is 0 Å². The highest BCUT2D eigenvalue weighted by Crippen LogP contribution is 2.30. The largest absolute Gasteiger partial charge is 0.356 e. The van der Waals surface area contributed by atoms with Crippen molar-refractivity contribution in [2.24, 2.45) is 5.73 Å². The van der Waals surface area contributed by atoms with E-state index in [-0.39, 0.29) is 23.9 Å². The van der Waals surface area contributed by atoms with Gasteiger partial charge in [-0.1, -0.05) is 6.42 Å². The average Bonchev–Trinajstić information content (AvgIpc) is 2.80. The Morgan fingerprint density at radius 3 is 2.68 bits per heavy atom. The first-order chi connectivity index (χ1) is 10.5. The summed E-state index contributed by atoms with van der Waals surface area (Å²) in [5, 5.41) is 9.31. The normalized spacial score (nSPS) is 24.2. The van der Waals surface area contributed by atoms with Crippen molar-refractivity contribution in [2.75, 3.05) is 25.9 Å². The van der Waals surface area contributed by atoms with Gasteiger partial charge < -0.3 is 21.7 Å². The van der Waals surface area contributed by atoms with Crippen molar-refractivity contribution in [3.63, 3.8) is 0 Å². The van der Waals surface area contributed by atoms with Crippen LogP contribution in [0.1, 0.15) is 39.0 Å². The fraction of sp³-hybridized carbons (Fsp3) is 0.867. The van der Waals surface area contributed by atoms with Gasteiger partial charge in [-0.05, 0) is 32.9 Å². The van der Waals surface area contributed by atoms with E-state index in [0.29, 0.717) is 11.7 Å². The minimum atomic E-state index is -0.0195. The molecule has 6 nitrogen and oxygen atoms in total. The van der Waals surface area contributed by atoms with Crippen LogP contribution in [0.5, 0.6) is 0 Å². The van der Waals surface area contributed by atoms with Crippen LogP contribution >= 0.6 is 11.8 Å². The van der Waals surface area contributed by atoms with Gasteiger partial charge >= 0.3 is 0 Å². The highest BCUT2D eigenvalue weighted by molar-refractivity contribution is 8.00. The lowest BCUT2D eigenvalue weighted by molar-refractivity contribution is -0.121. The molecule has 1 fully saturated rings. The lowest BCUT2D eigenvalue weighted by Crippen LogP contribution is -2.49. The Hall–Kier alpha value is -0.790. The first kappa shape index (κ1) is 19.3. The first-order valence-corrected chi connectivity index (χ1v) is 9.15. The molecular weight excluding hydrogens is 300 g/mol. The monoisotopic (exact) mass is 330 g/mol. The zero-order valence-electron chi connectivity index (χ0n) is 13.7. The van der Waals surface area contributed by atoms with Gasteiger partial charge in [0, 0.05) is 36.9 Å². The summed E-state index contributed by atoms with van der Waals surface area (Å²) in [5.41, 5.74) is 6.04. The highest BCUT2D eigenvalue weighted by atomic mass is 32.2. The van der Waals surface area contributed by atoms with Crippen molar-refractivity contribution in [3.8, 4) is 0 Å². The molecule has 0 radical (unpaired) electrons. The SMILES string of the molecule is CNCCCNC(=O)CCCC[C@@H]1SC[C@H](N)[C@@H]1NC(C)=O. The Morgan fingerprint density at radius 1 is 1.23 bits per heavy atom. The third-order valence-electron chi connectivity index (χ3n) is 3.80. The molecule has 0 spiro atoms. The zero-order chi connectivity index (χ0) is 16.4. The second-order valence-corrected chi connectivity index (χ2v) is 7.09. The summed E-state index contributed by atoms with van der Waals surface area (Å²) in [6.07, 6.45) is 4.41. The maximum atomic E-state index is 11.7. The molecule has 0 aromatic heterocycles. The first-order valence-electron chi connectivity index (χ1n) is 8.10. The van der Waals surface area contributed by atoms with Crippen LogP contribution in [0, 0.1) is 0 Å². The molecule has 1 rings (SSSR count). The molecule has 3 atom stereocenters. The summed E-state index contributed by atoms with van der Waals surface area (Å²) >= 11 is 1.83. The summed E-state index contributed by atoms with van der Waals surface area (Å²) in [6.45, 7) is 3.19. The standard InChI is InChI=1S/C15H30N4O2S/c1-11(20)19-15-12(16)10-22-13(15)6-3-4-7-14(21)18-9-5-8-17-2/h12-13,15,17H,3-10,16H2,1-2H3,(H,18,21)(H,19,20)/t12-,13-,15-/m0/s1. The van der Waals surface area contributed by atoms with E-state index in [4.69, 9.17) is 5.73 Å². The quantitative estimate of drug-likeness (QED) is 0.430. The van der Waals surface area contributed by atoms with Crippen LogP contribution in [-0.2, 0) is 9.59 Å². The highest BCUT2D eigenvalue weighted by Gasteiger charge is 2.34. The minimum Gasteiger partial charge on any atom is -0.356 e. The molecule has 1 saturated heterocycles. The van der Waals surface area contributed by atoms with Gasteiger partial charge in [0.25, 0.3) is 0 Å². The van der Waals surface area contributed by atoms with Crippen molar-refractivity contribution >= 4 is 23.6 Å². The number of unbranched alkanes of at least 4 members (excludes halogenated alkanes) is 1. The fourth-order valence-electron chi connectivity index (χ4n) is 2.63. The molecule has 0 unspecified atom stereocenters. The number of nitrogens with one attached hydrogen (secondary N) is 3. The van der Waals surface area contributed by atoms with Gasteiger partial charge in [-0.2, -0.15) is 11.8 Å². The molecule has 128 valence electrons. The Morgan fingerprint density at radius 2 is 2.00 bits per heavy atom. The molecule has 5 N–H and O–H groups in total. The van der Waals surface area contributed by atoms with Crippen LogP contribution in [0.2, 0.25) is 0 Å². The van der Waals surface area contributed by atoms with Gasteiger partial charge in [-0.25, -0.2) is 0 Å². The van der Waals surface area contributed by atoms with E-state index in [1.54, 1.807) is 0 Å². The van der Waals surface area contributed by atoms with Crippen LogP contribution in [0.4, 0.5) is 0 Å². The lowest BCUT2D eigenvalue weighted by Gasteiger charge is -2.22. The lowest BCUT2D eigenvalue weighted by atomic mass is 10.0. The minimum absolute atomic E-state index is 0.0195. The number of hydrogen-bond donors (Lipinski definition) is 4. The van der Waals surface area contributed by atoms with E-state index < -0.39 is 0 Å². The molecule has 7 heteroatoms. The molecule has 2 amide bonds. The number of carbonyl (C=O) groups is 2. The van der Waals surface area contributed by atoms with Gasteiger partial charge in [-0.15, -0.1) is 0 Å². The van der Waals surface area contributed by atoms with E-state index >= 15 is 0 Å². The zero-order valence-corrected chi connectivity index (χ0v) is 14.5. The molecule has 0 aromatic rings. The van der Waals surface area contributed by atoms with E-state index in [9.17, 15) is 9.59 Å². The summed E-state index contributed by atoms with van der Waals surface area (Å²) in [4.78, 5) is 22.9. The topological polar surface area (TPSA) is 96.2 Å². The number of amides is 2. The van der Waals surface area contributed by atoms with E-state index in [1.807, 2.05) is 18.8 Å². The van der Waals surface area contributed by atoms with Crippen molar-refractivity contribution in [1.82, 2.24) is 16.0 Å². The molecule has 1 aliphatic heterocycles. The molecule has 1 heterocycles. The van der Waals surface area contributed by atoms with Crippen molar-refractivity contribution in [3.05, 3.63) is 0 Å². The number of nitrogens with two attached hydrogens (primary N) is 1. The maximum Gasteiger partial charge on any atom is 0.219 e. The van der Waals surface area contributed by atoms with E-state index in [0.717, 1.165) is 44.5 Å². The third-order valence-corrected chi connectivity index (χ3v) is 5.34. The summed E-state index contributed by atoms with van der Waals surface area (Å²) in [5.74, 6) is 1.00. The van der Waals surface area contributed by atoms with Crippen LogP contribution in [0.25, 0.3) is 0 Å². The summed E-state index contributed by atoms with van der Waals surface area (Å²) in [7, 11) is 1.91. The average molecular weight is 330 g/mol. The Labute approximate surface area is 137 Å². The van der Waals surface area contributed by atoms with Crippen LogP contribution in [-0.4, -0.2) is 55.0 Å². The summed E-state index contributed by atoms with van der Waals surface area (Å²) in [6, 6.07) is 0.104. The van der Waals surface area contributed by atoms with Gasteiger partial charge in [0.05, 0.1) is 6.04 Å². The van der Waals surface area contributed by atoms with Crippen molar-refractivity contribution in [2.45, 2.75) is 56.4 Å². The Kier molecular flexibility index (Phi) is 9.50. The van der Waals surface area contributed by atoms with Crippen molar-refractivity contribution < 1.29 is 9.59 Å². The van der Waals surface area contributed by atoms with Crippen LogP contribution < -0.4 is 21.7 Å². The van der Waals surface area contributed by atoms with E-state index in [2.05, 4.69) is 16.0 Å². The number of hydrogen-bond acceptors (Lipinski definition) is 5. The van der Waals surface area contributed by atoms with Crippen molar-refractivity contribution in [1.29, 1.82) is 0 Å². The molecular formula is C15H30N4O2S. The molecule has 22 heavy (non-hydrogen) atoms. The van der Waals surface area contributed by atoms with E-state index in [1.165, 1.54) is 6.92 Å². The molecule has 0 saturated carbocycles. The second-order valence-electron chi connectivity index (χ2n) is 5.81. The molecule has 0 bridgehead atoms. The predicted molar refractivity (Wildman–Crippen MR) is 91.8 cm³/mol.